The van der Waals surface area contributed by atoms with Crippen LogP contribution in [0.2, 0.25) is 0 Å². The standard InChI is InChI=1S/C30H48O2/c1-19(2)16-21(31)17-20(3)22-10-12-28(7)24-9-8-23-26(4,5)25(32)11-13-29(23)18-30(24,29)15-14-27(22,28)6/h16,20,22-25,32H,8-15,17-18H2,1-7H3/t20-,22-,23+,24+,25-,27-,28+,29-,30+/m1/s1. The largest absolute Gasteiger partial charge is 0.393 e. The summed E-state index contributed by atoms with van der Waals surface area (Å²) in [6.45, 7) is 16.4. The maximum atomic E-state index is 12.6. The second kappa shape index (κ2) is 6.96. The summed E-state index contributed by atoms with van der Waals surface area (Å²) in [6.07, 6.45) is 14.3. The van der Waals surface area contributed by atoms with Gasteiger partial charge in [0, 0.05) is 6.42 Å². The quantitative estimate of drug-likeness (QED) is 0.464. The fourth-order valence-electron chi connectivity index (χ4n) is 11.1. The van der Waals surface area contributed by atoms with Gasteiger partial charge in [-0.1, -0.05) is 40.2 Å². The van der Waals surface area contributed by atoms with Crippen LogP contribution in [-0.2, 0) is 4.79 Å². The Morgan fingerprint density at radius 1 is 0.906 bits per heavy atom. The van der Waals surface area contributed by atoms with Gasteiger partial charge in [-0.25, -0.2) is 0 Å². The number of carbonyl (C=O) groups is 1. The highest BCUT2D eigenvalue weighted by atomic mass is 16.3. The zero-order valence-corrected chi connectivity index (χ0v) is 21.9. The molecule has 0 aromatic heterocycles. The van der Waals surface area contributed by atoms with Gasteiger partial charge in [0.25, 0.3) is 0 Å². The molecule has 0 unspecified atom stereocenters. The number of fused-ring (bicyclic) bond motifs is 2. The molecule has 0 aromatic carbocycles. The summed E-state index contributed by atoms with van der Waals surface area (Å²) in [6, 6.07) is 0. The van der Waals surface area contributed by atoms with Gasteiger partial charge in [0.1, 0.15) is 0 Å². The number of rotatable bonds is 4. The third-order valence-corrected chi connectivity index (χ3v) is 12.8. The van der Waals surface area contributed by atoms with Crippen molar-refractivity contribution in [2.24, 2.45) is 50.7 Å². The van der Waals surface area contributed by atoms with Gasteiger partial charge in [0.05, 0.1) is 6.10 Å². The minimum atomic E-state index is -0.119. The molecule has 0 radical (unpaired) electrons. The highest BCUT2D eigenvalue weighted by Gasteiger charge is 2.82. The zero-order chi connectivity index (χ0) is 23.3. The van der Waals surface area contributed by atoms with Crippen LogP contribution >= 0.6 is 0 Å². The Hall–Kier alpha value is -0.630. The van der Waals surface area contributed by atoms with E-state index in [4.69, 9.17) is 0 Å². The zero-order valence-electron chi connectivity index (χ0n) is 21.9. The van der Waals surface area contributed by atoms with Crippen LogP contribution in [0.1, 0.15) is 113 Å². The molecule has 5 rings (SSSR count). The molecular weight excluding hydrogens is 392 g/mol. The van der Waals surface area contributed by atoms with Gasteiger partial charge in [0.15, 0.2) is 5.78 Å². The van der Waals surface area contributed by atoms with Crippen molar-refractivity contribution in [3.63, 3.8) is 0 Å². The fraction of sp³-hybridized carbons (Fsp3) is 0.900. The van der Waals surface area contributed by atoms with Crippen LogP contribution in [0, 0.1) is 50.7 Å². The van der Waals surface area contributed by atoms with E-state index in [2.05, 4.69) is 34.6 Å². The predicted octanol–water partition coefficient (Wildman–Crippen LogP) is 7.35. The average molecular weight is 441 g/mol. The van der Waals surface area contributed by atoms with Crippen LogP contribution in [-0.4, -0.2) is 17.0 Å². The summed E-state index contributed by atoms with van der Waals surface area (Å²) in [5, 5.41) is 10.8. The number of hydrogen-bond donors (Lipinski definition) is 1. The van der Waals surface area contributed by atoms with E-state index in [0.29, 0.717) is 45.2 Å². The molecule has 0 aromatic rings. The van der Waals surface area contributed by atoms with Crippen LogP contribution in [0.25, 0.3) is 0 Å². The maximum absolute atomic E-state index is 12.6. The normalized spacial score (nSPS) is 51.5. The molecule has 0 saturated heterocycles. The highest BCUT2D eigenvalue weighted by molar-refractivity contribution is 5.90. The second-order valence-corrected chi connectivity index (χ2v) is 14.4. The fourth-order valence-corrected chi connectivity index (χ4v) is 11.1. The van der Waals surface area contributed by atoms with Gasteiger partial charge >= 0.3 is 0 Å². The smallest absolute Gasteiger partial charge is 0.155 e. The van der Waals surface area contributed by atoms with E-state index < -0.39 is 0 Å². The number of hydrogen-bond acceptors (Lipinski definition) is 2. The lowest BCUT2D eigenvalue weighted by Gasteiger charge is -2.63. The van der Waals surface area contributed by atoms with Crippen molar-refractivity contribution >= 4 is 5.78 Å². The summed E-state index contributed by atoms with van der Waals surface area (Å²) in [4.78, 5) is 12.6. The Morgan fingerprint density at radius 2 is 1.56 bits per heavy atom. The molecule has 2 spiro atoms. The first-order chi connectivity index (χ1) is 14.8. The molecule has 2 heteroatoms. The van der Waals surface area contributed by atoms with Crippen molar-refractivity contribution in [2.45, 2.75) is 119 Å². The summed E-state index contributed by atoms with van der Waals surface area (Å²) in [5.74, 6) is 3.04. The van der Waals surface area contributed by atoms with Crippen LogP contribution in [0.4, 0.5) is 0 Å². The molecular formula is C30H48O2. The average Bonchev–Trinajstić information content (AvgIpc) is 3.27. The lowest BCUT2D eigenvalue weighted by Crippen LogP contribution is -2.57. The Labute approximate surface area is 197 Å². The number of carbonyl (C=O) groups excluding carboxylic acids is 1. The van der Waals surface area contributed by atoms with Gasteiger partial charge < -0.3 is 5.11 Å². The SMILES string of the molecule is CC(C)=CC(=O)C[C@@H](C)[C@H]1CC[C@@]2(C)[C@@H]3CC[C@H]4C(C)(C)[C@H](O)CC[C@@]45C[C@@]35CC[C@]12C. The lowest BCUT2D eigenvalue weighted by atomic mass is 9.41. The van der Waals surface area contributed by atoms with Gasteiger partial charge in [0.2, 0.25) is 0 Å². The van der Waals surface area contributed by atoms with E-state index >= 15 is 0 Å². The number of aliphatic hydroxyl groups excluding tert-OH is 1. The Bertz CT molecular complexity index is 836. The first-order valence-corrected chi connectivity index (χ1v) is 13.7. The van der Waals surface area contributed by atoms with Gasteiger partial charge in [-0.3, -0.25) is 4.79 Å². The monoisotopic (exact) mass is 440 g/mol. The second-order valence-electron chi connectivity index (χ2n) is 14.4. The third kappa shape index (κ3) is 2.71. The third-order valence-electron chi connectivity index (χ3n) is 12.8. The van der Waals surface area contributed by atoms with E-state index in [1.54, 1.807) is 0 Å². The first kappa shape index (κ1) is 23.1. The minimum absolute atomic E-state index is 0.0758. The summed E-state index contributed by atoms with van der Waals surface area (Å²) in [7, 11) is 0. The Balaban J connectivity index is 1.42. The van der Waals surface area contributed by atoms with E-state index in [1.165, 1.54) is 51.4 Å². The summed E-state index contributed by atoms with van der Waals surface area (Å²) in [5.41, 5.74) is 3.06. The number of aliphatic hydroxyl groups is 1. The van der Waals surface area contributed by atoms with Crippen LogP contribution < -0.4 is 0 Å². The molecule has 0 amide bonds. The molecule has 2 nitrogen and oxygen atoms in total. The molecule has 5 saturated carbocycles. The van der Waals surface area contributed by atoms with E-state index in [0.717, 1.165) is 24.3 Å². The number of ketones is 1. The highest BCUT2D eigenvalue weighted by Crippen LogP contribution is 2.89. The van der Waals surface area contributed by atoms with E-state index in [1.807, 2.05) is 19.9 Å². The van der Waals surface area contributed by atoms with Gasteiger partial charge in [-0.15, -0.1) is 0 Å². The molecule has 0 heterocycles. The maximum Gasteiger partial charge on any atom is 0.155 e. The molecule has 9 atom stereocenters. The van der Waals surface area contributed by atoms with Gasteiger partial charge in [-0.05, 0) is 128 Å². The molecule has 5 aliphatic rings. The minimum Gasteiger partial charge on any atom is -0.393 e. The number of allylic oxidation sites excluding steroid dienone is 2. The molecule has 32 heavy (non-hydrogen) atoms. The molecule has 180 valence electrons. The molecule has 0 aliphatic heterocycles. The molecule has 0 bridgehead atoms. The topological polar surface area (TPSA) is 37.3 Å². The van der Waals surface area contributed by atoms with Crippen molar-refractivity contribution in [1.29, 1.82) is 0 Å². The first-order valence-electron chi connectivity index (χ1n) is 13.7. The van der Waals surface area contributed by atoms with Crippen molar-refractivity contribution < 1.29 is 9.90 Å². The van der Waals surface area contributed by atoms with Crippen molar-refractivity contribution in [3.05, 3.63) is 11.6 Å². The van der Waals surface area contributed by atoms with E-state index in [9.17, 15) is 9.90 Å². The van der Waals surface area contributed by atoms with Gasteiger partial charge in [-0.2, -0.15) is 0 Å². The van der Waals surface area contributed by atoms with Crippen molar-refractivity contribution in [1.82, 2.24) is 0 Å². The molecule has 5 aliphatic carbocycles. The van der Waals surface area contributed by atoms with Crippen LogP contribution in [0.3, 0.4) is 0 Å². The van der Waals surface area contributed by atoms with Crippen LogP contribution in [0.15, 0.2) is 11.6 Å². The Kier molecular flexibility index (Phi) is 5.03. The van der Waals surface area contributed by atoms with Crippen molar-refractivity contribution in [2.75, 3.05) is 0 Å². The van der Waals surface area contributed by atoms with E-state index in [-0.39, 0.29) is 11.5 Å². The van der Waals surface area contributed by atoms with Crippen molar-refractivity contribution in [3.8, 4) is 0 Å². The summed E-state index contributed by atoms with van der Waals surface area (Å²) >= 11 is 0. The summed E-state index contributed by atoms with van der Waals surface area (Å²) < 4.78 is 0. The predicted molar refractivity (Wildman–Crippen MR) is 131 cm³/mol. The van der Waals surface area contributed by atoms with Crippen LogP contribution in [0.5, 0.6) is 0 Å². The molecule has 1 N–H and O–H groups in total. The Morgan fingerprint density at radius 3 is 2.25 bits per heavy atom. The lowest BCUT2D eigenvalue weighted by molar-refractivity contribution is -0.161. The molecule has 5 fully saturated rings.